The Morgan fingerprint density at radius 1 is 0.600 bits per heavy atom. The van der Waals surface area contributed by atoms with Gasteiger partial charge in [0.15, 0.2) is 0 Å². The van der Waals surface area contributed by atoms with Gasteiger partial charge in [0.1, 0.15) is 24.2 Å². The molecule has 226 valence electrons. The van der Waals surface area contributed by atoms with E-state index in [2.05, 4.69) is 33.9 Å². The zero-order valence-electron chi connectivity index (χ0n) is 21.6. The summed E-state index contributed by atoms with van der Waals surface area (Å²) in [5, 5.41) is 45.0. The molecule has 0 saturated carbocycles. The summed E-state index contributed by atoms with van der Waals surface area (Å²) in [5.74, 6) is -8.93. The van der Waals surface area contributed by atoms with Crippen LogP contribution in [0.3, 0.4) is 0 Å². The lowest BCUT2D eigenvalue weighted by atomic mass is 10.1. The van der Waals surface area contributed by atoms with Crippen molar-refractivity contribution in [3.8, 4) is 0 Å². The maximum atomic E-state index is 13.0. The van der Waals surface area contributed by atoms with E-state index in [-0.39, 0.29) is 12.2 Å². The van der Waals surface area contributed by atoms with E-state index in [1.807, 2.05) is 0 Å². The monoisotopic (exact) mass is 610 g/mol. The molecular weight excluding hydrogens is 576 g/mol. The normalized spacial score (nSPS) is 13.6. The summed E-state index contributed by atoms with van der Waals surface area (Å²) in [6, 6.07) is -5.76. The molecule has 8 N–H and O–H groups in total. The summed E-state index contributed by atoms with van der Waals surface area (Å²) in [5.41, 5.74) is 0. The lowest BCUT2D eigenvalue weighted by Crippen LogP contribution is -2.58. The Hall–Kier alpha value is -3.54. The van der Waals surface area contributed by atoms with Gasteiger partial charge in [-0.05, 0) is 31.3 Å². The summed E-state index contributed by atoms with van der Waals surface area (Å²) in [6.45, 7) is 0. The number of rotatable bonds is 21. The van der Waals surface area contributed by atoms with Crippen molar-refractivity contribution in [1.29, 1.82) is 0 Å². The molecule has 4 unspecified atom stereocenters. The fourth-order valence-corrected chi connectivity index (χ4v) is 3.79. The highest BCUT2D eigenvalue weighted by Gasteiger charge is 2.31. The fraction of sp³-hybridized carbons (Fsp3) is 0.636. The molecule has 0 spiro atoms. The maximum absolute atomic E-state index is 13.0. The molecule has 0 rings (SSSR count). The maximum Gasteiger partial charge on any atom is 0.327 e. The average Bonchev–Trinajstić information content (AvgIpc) is 2.87. The topological polar surface area (TPSA) is 266 Å². The second-order valence-electron chi connectivity index (χ2n) is 8.36. The summed E-state index contributed by atoms with van der Waals surface area (Å²) in [7, 11) is 0. The van der Waals surface area contributed by atoms with Gasteiger partial charge in [-0.25, -0.2) is 4.79 Å². The van der Waals surface area contributed by atoms with Crippen LogP contribution in [0.1, 0.15) is 44.9 Å². The van der Waals surface area contributed by atoms with E-state index >= 15 is 0 Å². The lowest BCUT2D eigenvalue weighted by molar-refractivity contribution is -0.142. The van der Waals surface area contributed by atoms with Gasteiger partial charge < -0.3 is 41.7 Å². The molecule has 4 atom stereocenters. The van der Waals surface area contributed by atoms with Gasteiger partial charge in [-0.2, -0.15) is 24.4 Å². The Morgan fingerprint density at radius 3 is 1.35 bits per heavy atom. The van der Waals surface area contributed by atoms with E-state index in [1.165, 1.54) is 11.8 Å². The zero-order valence-corrected chi connectivity index (χ0v) is 23.3. The number of carboxylic acids is 4. The minimum absolute atomic E-state index is 0.0863. The highest BCUT2D eigenvalue weighted by Crippen LogP contribution is 2.07. The van der Waals surface area contributed by atoms with Crippen LogP contribution in [0.2, 0.25) is 0 Å². The molecule has 18 heteroatoms. The number of amides is 4. The number of thioether (sulfide) groups is 1. The Balaban J connectivity index is 5.82. The summed E-state index contributed by atoms with van der Waals surface area (Å²) in [6.07, 6.45) is -1.17. The molecule has 0 aliphatic carbocycles. The predicted molar refractivity (Wildman–Crippen MR) is 143 cm³/mol. The van der Waals surface area contributed by atoms with Crippen molar-refractivity contribution in [2.24, 2.45) is 0 Å². The molecular formula is C22H34N4O12S2. The first-order valence-electron chi connectivity index (χ1n) is 11.9. The van der Waals surface area contributed by atoms with Gasteiger partial charge in [0, 0.05) is 25.0 Å². The summed E-state index contributed by atoms with van der Waals surface area (Å²) in [4.78, 5) is 94.9. The zero-order chi connectivity index (χ0) is 30.8. The molecule has 0 aliphatic rings. The molecule has 0 aliphatic heterocycles. The van der Waals surface area contributed by atoms with Crippen LogP contribution in [0, 0.1) is 0 Å². The molecule has 0 saturated heterocycles. The van der Waals surface area contributed by atoms with Gasteiger partial charge in [0.25, 0.3) is 0 Å². The first kappa shape index (κ1) is 36.5. The minimum Gasteiger partial charge on any atom is -0.481 e. The Bertz CT molecular complexity index is 949. The van der Waals surface area contributed by atoms with Crippen LogP contribution in [0.4, 0.5) is 0 Å². The van der Waals surface area contributed by atoms with Gasteiger partial charge in [-0.1, -0.05) is 0 Å². The fourth-order valence-electron chi connectivity index (χ4n) is 3.07. The second-order valence-corrected chi connectivity index (χ2v) is 9.72. The number of carboxylic acid groups (broad SMARTS) is 4. The van der Waals surface area contributed by atoms with Crippen LogP contribution >= 0.6 is 24.4 Å². The van der Waals surface area contributed by atoms with E-state index < -0.39 is 110 Å². The molecule has 40 heavy (non-hydrogen) atoms. The molecule has 0 fully saturated rings. The largest absolute Gasteiger partial charge is 0.481 e. The SMILES string of the molecule is CSCCC(NC(=O)CCC(=O)O)C(=O)NC(CCC(=O)O)C(=O)NC(CCC(=O)O)C(=O)NC(CS)C(=O)O. The van der Waals surface area contributed by atoms with Gasteiger partial charge in [-0.15, -0.1) is 0 Å². The van der Waals surface area contributed by atoms with Crippen molar-refractivity contribution in [1.82, 2.24) is 21.3 Å². The number of carbonyl (C=O) groups is 8. The molecule has 0 aromatic heterocycles. The van der Waals surface area contributed by atoms with Crippen molar-refractivity contribution in [3.63, 3.8) is 0 Å². The molecule has 0 aromatic carbocycles. The highest BCUT2D eigenvalue weighted by atomic mass is 32.2. The van der Waals surface area contributed by atoms with E-state index in [0.717, 1.165) is 0 Å². The third kappa shape index (κ3) is 15.8. The standard InChI is InChI=1S/C22H34N4O12S2/c1-40-9-8-13(23-15(27)4-7-18(32)33)21(36)25-11(2-5-16(28)29)19(34)24-12(3-6-17(30)31)20(35)26-14(10-39)22(37)38/h11-14,39H,2-10H2,1H3,(H,23,27)(H,24,34)(H,25,36)(H,26,35)(H,28,29)(H,30,31)(H,32,33)(H,37,38). The van der Waals surface area contributed by atoms with E-state index in [1.54, 1.807) is 6.26 Å². The Morgan fingerprint density at radius 2 is 1.00 bits per heavy atom. The number of hydrogen-bond acceptors (Lipinski definition) is 10. The van der Waals surface area contributed by atoms with Gasteiger partial charge >= 0.3 is 23.9 Å². The van der Waals surface area contributed by atoms with Crippen LogP contribution in [0.5, 0.6) is 0 Å². The van der Waals surface area contributed by atoms with Gasteiger partial charge in [-0.3, -0.25) is 33.6 Å². The van der Waals surface area contributed by atoms with Crippen molar-refractivity contribution < 1.29 is 58.8 Å². The number of nitrogens with one attached hydrogen (secondary N) is 4. The highest BCUT2D eigenvalue weighted by molar-refractivity contribution is 7.98. The Labute approximate surface area is 238 Å². The third-order valence-electron chi connectivity index (χ3n) is 5.19. The summed E-state index contributed by atoms with van der Waals surface area (Å²) < 4.78 is 0. The van der Waals surface area contributed by atoms with Crippen molar-refractivity contribution in [2.45, 2.75) is 69.1 Å². The molecule has 16 nitrogen and oxygen atoms in total. The number of thiol groups is 1. The van der Waals surface area contributed by atoms with E-state index in [9.17, 15) is 38.4 Å². The smallest absolute Gasteiger partial charge is 0.327 e. The third-order valence-corrected chi connectivity index (χ3v) is 6.19. The molecule has 4 amide bonds. The number of hydrogen-bond donors (Lipinski definition) is 9. The quantitative estimate of drug-likeness (QED) is 0.0656. The molecule has 0 radical (unpaired) electrons. The van der Waals surface area contributed by atoms with Crippen LogP contribution < -0.4 is 21.3 Å². The van der Waals surface area contributed by atoms with Gasteiger partial charge in [0.2, 0.25) is 23.6 Å². The number of carbonyl (C=O) groups excluding carboxylic acids is 4. The predicted octanol–water partition coefficient (Wildman–Crippen LogP) is -1.71. The molecule has 0 heterocycles. The van der Waals surface area contributed by atoms with Gasteiger partial charge in [0.05, 0.1) is 6.42 Å². The van der Waals surface area contributed by atoms with E-state index in [4.69, 9.17) is 20.4 Å². The second kappa shape index (κ2) is 19.5. The summed E-state index contributed by atoms with van der Waals surface area (Å²) >= 11 is 5.16. The molecule has 0 aromatic rings. The van der Waals surface area contributed by atoms with Crippen LogP contribution in [0.25, 0.3) is 0 Å². The minimum atomic E-state index is -1.56. The van der Waals surface area contributed by atoms with Crippen LogP contribution in [-0.2, 0) is 38.4 Å². The molecule has 0 bridgehead atoms. The first-order chi connectivity index (χ1) is 18.7. The van der Waals surface area contributed by atoms with Crippen molar-refractivity contribution in [3.05, 3.63) is 0 Å². The van der Waals surface area contributed by atoms with Crippen molar-refractivity contribution in [2.75, 3.05) is 17.8 Å². The lowest BCUT2D eigenvalue weighted by Gasteiger charge is -2.25. The van der Waals surface area contributed by atoms with E-state index in [0.29, 0.717) is 5.75 Å². The average molecular weight is 611 g/mol. The number of aliphatic carboxylic acids is 4. The Kier molecular flexibility index (Phi) is 17.8. The van der Waals surface area contributed by atoms with Crippen LogP contribution in [0.15, 0.2) is 0 Å². The first-order valence-corrected chi connectivity index (χ1v) is 13.9. The van der Waals surface area contributed by atoms with Crippen molar-refractivity contribution >= 4 is 71.9 Å². The van der Waals surface area contributed by atoms with Crippen LogP contribution in [-0.4, -0.2) is 110 Å².